The maximum atomic E-state index is 13.6. The molecule has 2 aliphatic rings. The third kappa shape index (κ3) is 4.15. The number of aliphatic hydroxyl groups is 1. The van der Waals surface area contributed by atoms with Gasteiger partial charge in [0.2, 0.25) is 11.8 Å². The third-order valence-electron chi connectivity index (χ3n) is 8.09. The van der Waals surface area contributed by atoms with Crippen molar-refractivity contribution in [3.05, 3.63) is 47.2 Å². The fourth-order valence-electron chi connectivity index (χ4n) is 5.48. The second kappa shape index (κ2) is 9.15. The third-order valence-corrected chi connectivity index (χ3v) is 11.7. The maximum absolute atomic E-state index is 13.6. The molecule has 0 bridgehead atoms. The number of rotatable bonds is 6. The van der Waals surface area contributed by atoms with E-state index in [-0.39, 0.29) is 36.0 Å². The molecule has 4 rings (SSSR count). The van der Waals surface area contributed by atoms with Crippen LogP contribution in [0.4, 0.5) is 10.6 Å². The molecule has 1 fully saturated rings. The summed E-state index contributed by atoms with van der Waals surface area (Å²) >= 11 is 0. The molecular formula is C26H37N5O4Si. The van der Waals surface area contributed by atoms with Gasteiger partial charge >= 0.3 is 6.03 Å². The summed E-state index contributed by atoms with van der Waals surface area (Å²) in [6, 6.07) is 8.37. The molecule has 2 aromatic rings. The molecule has 194 valence electrons. The summed E-state index contributed by atoms with van der Waals surface area (Å²) in [6.07, 6.45) is 2.73. The average Bonchev–Trinajstić information content (AvgIpc) is 3.25. The van der Waals surface area contributed by atoms with Gasteiger partial charge in [-0.15, -0.1) is 0 Å². The molecule has 36 heavy (non-hydrogen) atoms. The van der Waals surface area contributed by atoms with Crippen molar-refractivity contribution < 1.29 is 19.5 Å². The van der Waals surface area contributed by atoms with Gasteiger partial charge in [-0.2, -0.15) is 9.78 Å². The van der Waals surface area contributed by atoms with Crippen LogP contribution in [0.3, 0.4) is 0 Å². The Labute approximate surface area is 213 Å². The van der Waals surface area contributed by atoms with Crippen molar-refractivity contribution in [3.8, 4) is 0 Å². The highest BCUT2D eigenvalue weighted by molar-refractivity contribution is 6.83. The standard InChI is InChI=1S/C26H37N5O4Si/c1-17(33)31-22(28-23(34)26(13-10-14-26)36(4,5)6)19-15-30(25(2,3)21(19)29-31)24(35)27-20(16-32)18-11-8-7-9-12-18/h7-9,11-12,20,32H,10,13-16H2,1-6H3,(H,27,35)(H,28,34)/t20-/m1/s1. The number of aliphatic hydroxyl groups excluding tert-OH is 1. The van der Waals surface area contributed by atoms with Crippen LogP contribution in [0.1, 0.15) is 67.7 Å². The van der Waals surface area contributed by atoms with Crippen LogP contribution < -0.4 is 10.6 Å². The molecule has 1 aromatic heterocycles. The first-order valence-corrected chi connectivity index (χ1v) is 16.0. The molecule has 0 spiro atoms. The molecular weight excluding hydrogens is 474 g/mol. The van der Waals surface area contributed by atoms with Crippen LogP contribution in [-0.2, 0) is 16.9 Å². The topological polar surface area (TPSA) is 117 Å². The monoisotopic (exact) mass is 511 g/mol. The van der Waals surface area contributed by atoms with E-state index in [2.05, 4.69) is 35.4 Å². The summed E-state index contributed by atoms with van der Waals surface area (Å²) in [4.78, 5) is 41.1. The van der Waals surface area contributed by atoms with Crippen LogP contribution >= 0.6 is 0 Å². The fourth-order valence-corrected chi connectivity index (χ4v) is 8.08. The first-order chi connectivity index (χ1) is 16.8. The first-order valence-electron chi connectivity index (χ1n) is 12.5. The van der Waals surface area contributed by atoms with E-state index in [1.165, 1.54) is 11.6 Å². The highest BCUT2D eigenvalue weighted by Crippen LogP contribution is 2.56. The molecule has 3 amide bonds. The number of amides is 3. The van der Waals surface area contributed by atoms with Crippen molar-refractivity contribution in [1.82, 2.24) is 20.0 Å². The molecule has 1 aliphatic heterocycles. The van der Waals surface area contributed by atoms with Gasteiger partial charge in [0.1, 0.15) is 5.82 Å². The van der Waals surface area contributed by atoms with Crippen LogP contribution in [0.5, 0.6) is 0 Å². The van der Waals surface area contributed by atoms with Gasteiger partial charge in [-0.1, -0.05) is 56.4 Å². The van der Waals surface area contributed by atoms with Gasteiger partial charge in [0, 0.05) is 17.5 Å². The Balaban J connectivity index is 1.63. The Bertz CT molecular complexity index is 1180. The fraction of sp³-hybridized carbons (Fsp3) is 0.538. The smallest absolute Gasteiger partial charge is 0.319 e. The van der Waals surface area contributed by atoms with E-state index >= 15 is 0 Å². The highest BCUT2D eigenvalue weighted by atomic mass is 28.3. The predicted molar refractivity (Wildman–Crippen MR) is 140 cm³/mol. The minimum absolute atomic E-state index is 0.0525. The number of anilines is 1. The van der Waals surface area contributed by atoms with Gasteiger partial charge in [0.15, 0.2) is 0 Å². The van der Waals surface area contributed by atoms with Gasteiger partial charge in [0.25, 0.3) is 0 Å². The van der Waals surface area contributed by atoms with Crippen molar-refractivity contribution in [3.63, 3.8) is 0 Å². The number of aromatic nitrogens is 2. The van der Waals surface area contributed by atoms with E-state index in [0.29, 0.717) is 17.1 Å². The number of benzene rings is 1. The lowest BCUT2D eigenvalue weighted by Gasteiger charge is -2.48. The van der Waals surface area contributed by atoms with Gasteiger partial charge in [0.05, 0.1) is 38.5 Å². The number of nitrogens with zero attached hydrogens (tertiary/aromatic N) is 3. The SMILES string of the molecule is CC(=O)n1nc2c(c1NC(=O)C1([Si](C)(C)C)CCC1)CN(C(=O)N[C@H](CO)c1ccccc1)C2(C)C. The van der Waals surface area contributed by atoms with Gasteiger partial charge in [-0.05, 0) is 32.3 Å². The Morgan fingerprint density at radius 2 is 1.78 bits per heavy atom. The van der Waals surface area contributed by atoms with Gasteiger partial charge in [-0.3, -0.25) is 9.59 Å². The summed E-state index contributed by atoms with van der Waals surface area (Å²) in [7, 11) is -1.83. The number of hydrogen-bond donors (Lipinski definition) is 3. The molecule has 10 heteroatoms. The second-order valence-corrected chi connectivity index (χ2v) is 16.9. The van der Waals surface area contributed by atoms with Crippen LogP contribution in [-0.4, -0.2) is 52.3 Å². The Morgan fingerprint density at radius 3 is 2.28 bits per heavy atom. The number of nitrogens with one attached hydrogen (secondary N) is 2. The van der Waals surface area contributed by atoms with Gasteiger partial charge in [-0.25, -0.2) is 4.79 Å². The van der Waals surface area contributed by atoms with Crippen molar-refractivity contribution in [2.75, 3.05) is 11.9 Å². The molecule has 1 saturated carbocycles. The highest BCUT2D eigenvalue weighted by Gasteiger charge is 2.54. The zero-order valence-electron chi connectivity index (χ0n) is 22.0. The minimum atomic E-state index is -1.83. The largest absolute Gasteiger partial charge is 0.394 e. The summed E-state index contributed by atoms with van der Waals surface area (Å²) < 4.78 is 1.26. The van der Waals surface area contributed by atoms with E-state index < -0.39 is 19.7 Å². The van der Waals surface area contributed by atoms with Crippen LogP contribution in [0.25, 0.3) is 0 Å². The molecule has 0 saturated heterocycles. The predicted octanol–water partition coefficient (Wildman–Crippen LogP) is 4.24. The molecule has 1 aliphatic carbocycles. The Morgan fingerprint density at radius 1 is 1.14 bits per heavy atom. The normalized spacial score (nSPS) is 18.7. The lowest BCUT2D eigenvalue weighted by molar-refractivity contribution is -0.121. The van der Waals surface area contributed by atoms with Crippen LogP contribution in [0.15, 0.2) is 30.3 Å². The van der Waals surface area contributed by atoms with Crippen molar-refractivity contribution >= 4 is 31.7 Å². The Kier molecular flexibility index (Phi) is 6.63. The van der Waals surface area contributed by atoms with Crippen molar-refractivity contribution in [1.29, 1.82) is 0 Å². The van der Waals surface area contributed by atoms with E-state index in [1.54, 1.807) is 4.90 Å². The molecule has 0 radical (unpaired) electrons. The second-order valence-electron chi connectivity index (χ2n) is 11.5. The summed E-state index contributed by atoms with van der Waals surface area (Å²) in [5.41, 5.74) is 1.22. The summed E-state index contributed by atoms with van der Waals surface area (Å²) in [5.74, 6) is 0.00648. The van der Waals surface area contributed by atoms with E-state index in [1.807, 2.05) is 44.2 Å². The lowest BCUT2D eigenvalue weighted by Crippen LogP contribution is -2.52. The van der Waals surface area contributed by atoms with Crippen molar-refractivity contribution in [2.45, 2.75) is 82.8 Å². The zero-order chi connectivity index (χ0) is 26.5. The molecule has 1 aromatic carbocycles. The summed E-state index contributed by atoms with van der Waals surface area (Å²) in [5, 5.41) is 20.1. The van der Waals surface area contributed by atoms with Gasteiger partial charge < -0.3 is 20.6 Å². The zero-order valence-corrected chi connectivity index (χ0v) is 23.0. The van der Waals surface area contributed by atoms with Crippen LogP contribution in [0.2, 0.25) is 24.7 Å². The molecule has 0 unspecified atom stereocenters. The molecule has 3 N–H and O–H groups in total. The number of urea groups is 1. The van der Waals surface area contributed by atoms with E-state index in [4.69, 9.17) is 0 Å². The number of hydrogen-bond acceptors (Lipinski definition) is 5. The van der Waals surface area contributed by atoms with E-state index in [9.17, 15) is 19.5 Å². The molecule has 2 heterocycles. The Hall–Kier alpha value is -2.98. The maximum Gasteiger partial charge on any atom is 0.319 e. The average molecular weight is 512 g/mol. The number of carbonyl (C=O) groups excluding carboxylic acids is 3. The lowest BCUT2D eigenvalue weighted by atomic mass is 9.83. The van der Waals surface area contributed by atoms with Crippen LogP contribution in [0, 0.1) is 0 Å². The number of carbonyl (C=O) groups is 3. The molecule has 1 atom stereocenters. The first kappa shape index (κ1) is 26.1. The minimum Gasteiger partial charge on any atom is -0.394 e. The van der Waals surface area contributed by atoms with Crippen molar-refractivity contribution in [2.24, 2.45) is 0 Å². The number of fused-ring (bicyclic) bond motifs is 1. The summed E-state index contributed by atoms with van der Waals surface area (Å²) in [6.45, 7) is 11.7. The van der Waals surface area contributed by atoms with E-state index in [0.717, 1.165) is 24.8 Å². The quantitative estimate of drug-likeness (QED) is 0.502. The molecule has 9 nitrogen and oxygen atoms in total.